The minimum absolute atomic E-state index is 0.337. The summed E-state index contributed by atoms with van der Waals surface area (Å²) in [6.45, 7) is 9.89. The van der Waals surface area contributed by atoms with Crippen molar-refractivity contribution in [1.82, 2.24) is 30.3 Å². The molecule has 1 aliphatic rings. The molecule has 158 valence electrons. The van der Waals surface area contributed by atoms with Gasteiger partial charge in [0.15, 0.2) is 5.96 Å². The van der Waals surface area contributed by atoms with Gasteiger partial charge in [0, 0.05) is 26.1 Å². The van der Waals surface area contributed by atoms with E-state index in [9.17, 15) is 0 Å². The summed E-state index contributed by atoms with van der Waals surface area (Å²) in [5.41, 5.74) is 1.35. The van der Waals surface area contributed by atoms with Gasteiger partial charge in [-0.3, -0.25) is 9.89 Å². The fourth-order valence-corrected chi connectivity index (χ4v) is 3.79. The zero-order valence-electron chi connectivity index (χ0n) is 17.8. The van der Waals surface area contributed by atoms with Crippen LogP contribution in [0.2, 0.25) is 0 Å². The van der Waals surface area contributed by atoms with Crippen LogP contribution in [-0.4, -0.2) is 58.3 Å². The van der Waals surface area contributed by atoms with E-state index >= 15 is 0 Å². The standard InChI is InChI=1S/C22H35N7/c1-3-12-23-22(24-13-16-29-18-26-27-21(29)4-2)25-17-20(28-14-8-9-15-28)19-10-6-5-7-11-19/h5-7,10-11,18,20H,3-4,8-9,12-17H2,1-2H3,(H2,23,24,25). The Kier molecular flexibility index (Phi) is 8.49. The quantitative estimate of drug-likeness (QED) is 0.476. The van der Waals surface area contributed by atoms with Gasteiger partial charge < -0.3 is 15.2 Å². The highest BCUT2D eigenvalue weighted by atomic mass is 15.3. The number of benzene rings is 1. The van der Waals surface area contributed by atoms with E-state index in [1.54, 1.807) is 6.33 Å². The van der Waals surface area contributed by atoms with E-state index in [-0.39, 0.29) is 0 Å². The zero-order valence-corrected chi connectivity index (χ0v) is 17.8. The van der Waals surface area contributed by atoms with Crippen molar-refractivity contribution < 1.29 is 0 Å². The first-order valence-corrected chi connectivity index (χ1v) is 11.0. The molecule has 7 heteroatoms. The molecule has 1 saturated heterocycles. The Morgan fingerprint density at radius 1 is 1.10 bits per heavy atom. The van der Waals surface area contributed by atoms with Crippen LogP contribution in [0.15, 0.2) is 41.7 Å². The van der Waals surface area contributed by atoms with Crippen LogP contribution in [0, 0.1) is 0 Å². The van der Waals surface area contributed by atoms with Crippen molar-refractivity contribution in [2.75, 3.05) is 32.7 Å². The molecule has 29 heavy (non-hydrogen) atoms. The summed E-state index contributed by atoms with van der Waals surface area (Å²) in [6, 6.07) is 11.1. The van der Waals surface area contributed by atoms with Crippen LogP contribution >= 0.6 is 0 Å². The summed E-state index contributed by atoms with van der Waals surface area (Å²) in [6.07, 6.45) is 6.33. The molecule has 1 aromatic heterocycles. The highest BCUT2D eigenvalue weighted by Crippen LogP contribution is 2.25. The average Bonchev–Trinajstić information content (AvgIpc) is 3.44. The molecule has 1 aromatic carbocycles. The summed E-state index contributed by atoms with van der Waals surface area (Å²) < 4.78 is 2.10. The first-order chi connectivity index (χ1) is 14.3. The third-order valence-corrected chi connectivity index (χ3v) is 5.39. The Labute approximate surface area is 174 Å². The molecule has 7 nitrogen and oxygen atoms in total. The van der Waals surface area contributed by atoms with Crippen molar-refractivity contribution in [1.29, 1.82) is 0 Å². The maximum Gasteiger partial charge on any atom is 0.191 e. The number of aryl methyl sites for hydroxylation is 1. The molecule has 2 N–H and O–H groups in total. The van der Waals surface area contributed by atoms with Gasteiger partial charge in [0.2, 0.25) is 0 Å². The third kappa shape index (κ3) is 6.29. The second-order valence-electron chi connectivity index (χ2n) is 7.51. The van der Waals surface area contributed by atoms with Gasteiger partial charge in [-0.1, -0.05) is 44.2 Å². The lowest BCUT2D eigenvalue weighted by Crippen LogP contribution is -2.40. The molecule has 3 rings (SSSR count). The molecule has 0 aliphatic carbocycles. The lowest BCUT2D eigenvalue weighted by molar-refractivity contribution is 0.251. The van der Waals surface area contributed by atoms with Crippen LogP contribution < -0.4 is 10.6 Å². The molecule has 0 saturated carbocycles. The van der Waals surface area contributed by atoms with E-state index in [0.29, 0.717) is 6.04 Å². The molecule has 2 heterocycles. The molecule has 0 radical (unpaired) electrons. The number of nitrogens with zero attached hydrogens (tertiary/aromatic N) is 5. The topological polar surface area (TPSA) is 70.4 Å². The summed E-state index contributed by atoms with van der Waals surface area (Å²) in [4.78, 5) is 7.53. The fraction of sp³-hybridized carbons (Fsp3) is 0.591. The van der Waals surface area contributed by atoms with E-state index in [2.05, 4.69) is 74.5 Å². The molecule has 1 fully saturated rings. The maximum atomic E-state index is 4.96. The second kappa shape index (κ2) is 11.6. The molecule has 0 amide bonds. The molecular formula is C22H35N7. The Bertz CT molecular complexity index is 735. The molecule has 1 unspecified atom stereocenters. The number of hydrogen-bond acceptors (Lipinski definition) is 4. The average molecular weight is 398 g/mol. The Morgan fingerprint density at radius 3 is 2.59 bits per heavy atom. The van der Waals surface area contributed by atoms with Gasteiger partial charge in [-0.15, -0.1) is 10.2 Å². The highest BCUT2D eigenvalue weighted by molar-refractivity contribution is 5.79. The minimum atomic E-state index is 0.337. The van der Waals surface area contributed by atoms with Gasteiger partial charge in [-0.05, 0) is 37.9 Å². The van der Waals surface area contributed by atoms with Crippen molar-refractivity contribution in [3.8, 4) is 0 Å². The molecule has 1 atom stereocenters. The normalized spacial score (nSPS) is 16.1. The largest absolute Gasteiger partial charge is 0.356 e. The summed E-state index contributed by atoms with van der Waals surface area (Å²) in [7, 11) is 0. The Balaban J connectivity index is 1.63. The third-order valence-electron chi connectivity index (χ3n) is 5.39. The van der Waals surface area contributed by atoms with Crippen LogP contribution in [0.1, 0.15) is 50.5 Å². The van der Waals surface area contributed by atoms with Crippen molar-refractivity contribution in [2.45, 2.75) is 52.1 Å². The Morgan fingerprint density at radius 2 is 1.86 bits per heavy atom. The van der Waals surface area contributed by atoms with Crippen LogP contribution in [0.4, 0.5) is 0 Å². The van der Waals surface area contributed by atoms with Crippen LogP contribution in [0.25, 0.3) is 0 Å². The van der Waals surface area contributed by atoms with Gasteiger partial charge in [0.25, 0.3) is 0 Å². The van der Waals surface area contributed by atoms with E-state index in [1.807, 2.05) is 0 Å². The summed E-state index contributed by atoms with van der Waals surface area (Å²) in [5.74, 6) is 1.91. The monoisotopic (exact) mass is 397 g/mol. The van der Waals surface area contributed by atoms with Gasteiger partial charge in [0.1, 0.15) is 12.2 Å². The fourth-order valence-electron chi connectivity index (χ4n) is 3.79. The van der Waals surface area contributed by atoms with E-state index in [1.165, 1.54) is 18.4 Å². The predicted octanol–water partition coefficient (Wildman–Crippen LogP) is 2.62. The van der Waals surface area contributed by atoms with E-state index < -0.39 is 0 Å². The molecule has 2 aromatic rings. The van der Waals surface area contributed by atoms with Crippen molar-refractivity contribution in [3.63, 3.8) is 0 Å². The smallest absolute Gasteiger partial charge is 0.191 e. The number of nitrogens with one attached hydrogen (secondary N) is 2. The van der Waals surface area contributed by atoms with E-state index in [4.69, 9.17) is 4.99 Å². The van der Waals surface area contributed by atoms with Crippen molar-refractivity contribution in [3.05, 3.63) is 48.0 Å². The summed E-state index contributed by atoms with van der Waals surface area (Å²) in [5, 5.41) is 15.1. The SMILES string of the molecule is CCCNC(=NCC(c1ccccc1)N1CCCC1)NCCn1cnnc1CC. The van der Waals surface area contributed by atoms with Crippen LogP contribution in [-0.2, 0) is 13.0 Å². The number of guanidine groups is 1. The number of aromatic nitrogens is 3. The molecule has 0 spiro atoms. The second-order valence-corrected chi connectivity index (χ2v) is 7.51. The van der Waals surface area contributed by atoms with Gasteiger partial charge in [-0.25, -0.2) is 0 Å². The highest BCUT2D eigenvalue weighted by Gasteiger charge is 2.23. The molecule has 1 aliphatic heterocycles. The van der Waals surface area contributed by atoms with Crippen molar-refractivity contribution in [2.24, 2.45) is 4.99 Å². The zero-order chi connectivity index (χ0) is 20.3. The molecular weight excluding hydrogens is 362 g/mol. The lowest BCUT2D eigenvalue weighted by Gasteiger charge is -2.27. The lowest BCUT2D eigenvalue weighted by atomic mass is 10.1. The summed E-state index contributed by atoms with van der Waals surface area (Å²) >= 11 is 0. The number of aliphatic imine (C=N–C) groups is 1. The number of hydrogen-bond donors (Lipinski definition) is 2. The first-order valence-electron chi connectivity index (χ1n) is 11.0. The molecule has 0 bridgehead atoms. The van der Waals surface area contributed by atoms with Crippen LogP contribution in [0.3, 0.4) is 0 Å². The minimum Gasteiger partial charge on any atom is -0.356 e. The van der Waals surface area contributed by atoms with Crippen LogP contribution in [0.5, 0.6) is 0 Å². The Hall–Kier alpha value is -2.41. The van der Waals surface area contributed by atoms with Crippen molar-refractivity contribution >= 4 is 5.96 Å². The first kappa shape index (κ1) is 21.3. The van der Waals surface area contributed by atoms with Gasteiger partial charge in [0.05, 0.1) is 12.6 Å². The van der Waals surface area contributed by atoms with Gasteiger partial charge in [-0.2, -0.15) is 0 Å². The number of likely N-dealkylation sites (tertiary alicyclic amines) is 1. The number of rotatable bonds is 10. The maximum absolute atomic E-state index is 4.96. The predicted molar refractivity (Wildman–Crippen MR) is 118 cm³/mol. The van der Waals surface area contributed by atoms with E-state index in [0.717, 1.165) is 63.9 Å². The van der Waals surface area contributed by atoms with Gasteiger partial charge >= 0.3 is 0 Å².